The molecule has 0 bridgehead atoms. The van der Waals surface area contributed by atoms with Crippen LogP contribution in [0.1, 0.15) is 155 Å². The summed E-state index contributed by atoms with van der Waals surface area (Å²) in [4.78, 5) is 10.9. The number of benzene rings is 7. The lowest BCUT2D eigenvalue weighted by Gasteiger charge is -2.29. The number of fused-ring (bicyclic) bond motifs is 1. The standard InChI is InChI=1S/C69H75N3O/c1-43(2)55-39-51(66(5,6)7)40-56(44(3)4)63(55)72-61-32-24-30-54(62(61)71-65(72)57-41-52(67(8,9)10)42-59(64(57)73)68(11,12)13)48-35-47(45-25-18-16-19-26-45)36-49(37-48)60-38-46(33-34-70-60)53-29-22-23-31-58(53)69(14,15)50-27-20-17-21-28-50/h16-44,73H,1-15H3. The predicted octanol–water partition coefficient (Wildman–Crippen LogP) is 18.9. The molecule has 0 atom stereocenters. The zero-order valence-electron chi connectivity index (χ0n) is 46.0. The summed E-state index contributed by atoms with van der Waals surface area (Å²) in [5.41, 5.74) is 19.8. The van der Waals surface area contributed by atoms with E-state index in [9.17, 15) is 5.11 Å². The number of imidazole rings is 1. The van der Waals surface area contributed by atoms with Crippen molar-refractivity contribution in [2.75, 3.05) is 0 Å². The van der Waals surface area contributed by atoms with Gasteiger partial charge in [0.2, 0.25) is 0 Å². The molecule has 0 aliphatic carbocycles. The second-order valence-electron chi connectivity index (χ2n) is 24.6. The first kappa shape index (κ1) is 50.9. The lowest BCUT2D eigenvalue weighted by atomic mass is 9.75. The van der Waals surface area contributed by atoms with Crippen molar-refractivity contribution in [3.8, 4) is 67.5 Å². The third-order valence-electron chi connectivity index (χ3n) is 15.0. The molecule has 9 aromatic rings. The maximum atomic E-state index is 12.7. The summed E-state index contributed by atoms with van der Waals surface area (Å²) >= 11 is 0. The Bertz CT molecular complexity index is 3450. The van der Waals surface area contributed by atoms with Crippen LogP contribution in [0.15, 0.2) is 164 Å². The molecule has 9 rings (SSSR count). The first-order valence-electron chi connectivity index (χ1n) is 26.3. The van der Waals surface area contributed by atoms with Crippen LogP contribution in [0.4, 0.5) is 0 Å². The lowest BCUT2D eigenvalue weighted by molar-refractivity contribution is 0.446. The highest BCUT2D eigenvalue weighted by atomic mass is 16.3. The van der Waals surface area contributed by atoms with Crippen LogP contribution in [-0.4, -0.2) is 19.6 Å². The summed E-state index contributed by atoms with van der Waals surface area (Å²) in [5, 5.41) is 12.7. The number of pyridine rings is 1. The van der Waals surface area contributed by atoms with E-state index >= 15 is 0 Å². The van der Waals surface area contributed by atoms with Crippen molar-refractivity contribution in [3.63, 3.8) is 0 Å². The smallest absolute Gasteiger partial charge is 0.149 e. The van der Waals surface area contributed by atoms with Crippen molar-refractivity contribution in [2.24, 2.45) is 0 Å². The van der Waals surface area contributed by atoms with Gasteiger partial charge in [-0.1, -0.05) is 219 Å². The molecule has 1 N–H and O–H groups in total. The van der Waals surface area contributed by atoms with E-state index in [1.165, 1.54) is 33.4 Å². The fraction of sp³-hybridized carbons (Fsp3) is 0.304. The number of hydrogen-bond acceptors (Lipinski definition) is 3. The van der Waals surface area contributed by atoms with Crippen LogP contribution < -0.4 is 0 Å². The van der Waals surface area contributed by atoms with Crippen molar-refractivity contribution < 1.29 is 5.11 Å². The average molecular weight is 962 g/mol. The van der Waals surface area contributed by atoms with Crippen LogP contribution in [-0.2, 0) is 21.7 Å². The van der Waals surface area contributed by atoms with Crippen molar-refractivity contribution >= 4 is 11.0 Å². The summed E-state index contributed by atoms with van der Waals surface area (Å²) in [7, 11) is 0. The zero-order chi connectivity index (χ0) is 52.4. The summed E-state index contributed by atoms with van der Waals surface area (Å²) < 4.78 is 2.39. The first-order chi connectivity index (χ1) is 34.4. The number of para-hydroxylation sites is 1. The number of aromatic hydroxyl groups is 1. The molecule has 2 aromatic heterocycles. The Morgan fingerprint density at radius 2 is 1.00 bits per heavy atom. The van der Waals surface area contributed by atoms with E-state index in [1.54, 1.807) is 0 Å². The molecule has 0 unspecified atom stereocenters. The van der Waals surface area contributed by atoms with Gasteiger partial charge in [0, 0.05) is 28.3 Å². The molecule has 7 aromatic carbocycles. The second-order valence-corrected chi connectivity index (χ2v) is 24.6. The second kappa shape index (κ2) is 19.1. The van der Waals surface area contributed by atoms with Gasteiger partial charge in [0.15, 0.2) is 0 Å². The predicted molar refractivity (Wildman–Crippen MR) is 311 cm³/mol. The van der Waals surface area contributed by atoms with Crippen LogP contribution in [0, 0.1) is 0 Å². The van der Waals surface area contributed by atoms with Gasteiger partial charge in [0.05, 0.1) is 28.0 Å². The monoisotopic (exact) mass is 962 g/mol. The quantitative estimate of drug-likeness (QED) is 0.149. The summed E-state index contributed by atoms with van der Waals surface area (Å²) in [6, 6.07) is 57.3. The van der Waals surface area contributed by atoms with E-state index in [-0.39, 0.29) is 39.2 Å². The molecule has 4 heteroatoms. The Balaban J connectivity index is 1.34. The summed E-state index contributed by atoms with van der Waals surface area (Å²) in [6.07, 6.45) is 1.95. The van der Waals surface area contributed by atoms with Crippen molar-refractivity contribution in [1.29, 1.82) is 0 Å². The van der Waals surface area contributed by atoms with Gasteiger partial charge in [-0.25, -0.2) is 4.98 Å². The number of rotatable bonds is 10. The maximum absolute atomic E-state index is 12.7. The Labute approximate surface area is 436 Å². The summed E-state index contributed by atoms with van der Waals surface area (Å²) in [6.45, 7) is 34.1. The fourth-order valence-electron chi connectivity index (χ4n) is 10.6. The molecule has 372 valence electrons. The molecule has 0 saturated heterocycles. The molecule has 0 amide bonds. The molecule has 0 spiro atoms. The molecular formula is C69H75N3O. The van der Waals surface area contributed by atoms with Crippen molar-refractivity contribution in [2.45, 2.75) is 137 Å². The van der Waals surface area contributed by atoms with Gasteiger partial charge in [-0.3, -0.25) is 9.55 Å². The van der Waals surface area contributed by atoms with Gasteiger partial charge in [0.1, 0.15) is 11.6 Å². The number of hydrogen-bond donors (Lipinski definition) is 1. The number of aromatic nitrogens is 3. The highest BCUT2D eigenvalue weighted by molar-refractivity contribution is 5.98. The van der Waals surface area contributed by atoms with Crippen LogP contribution in [0.25, 0.3) is 72.7 Å². The molecule has 4 nitrogen and oxygen atoms in total. The average Bonchev–Trinajstić information content (AvgIpc) is 3.74. The van der Waals surface area contributed by atoms with Crippen LogP contribution >= 0.6 is 0 Å². The van der Waals surface area contributed by atoms with Crippen LogP contribution in [0.5, 0.6) is 5.75 Å². The largest absolute Gasteiger partial charge is 0.507 e. The molecular weight excluding hydrogens is 887 g/mol. The van der Waals surface area contributed by atoms with E-state index in [1.807, 2.05) is 6.20 Å². The van der Waals surface area contributed by atoms with Gasteiger partial charge >= 0.3 is 0 Å². The molecule has 0 radical (unpaired) electrons. The molecule has 73 heavy (non-hydrogen) atoms. The maximum Gasteiger partial charge on any atom is 0.149 e. The van der Waals surface area contributed by atoms with E-state index in [4.69, 9.17) is 9.97 Å². The lowest BCUT2D eigenvalue weighted by Crippen LogP contribution is -2.19. The highest BCUT2D eigenvalue weighted by Crippen LogP contribution is 2.48. The Kier molecular flexibility index (Phi) is 13.3. The number of phenols is 1. The highest BCUT2D eigenvalue weighted by Gasteiger charge is 2.32. The van der Waals surface area contributed by atoms with Crippen molar-refractivity contribution in [1.82, 2.24) is 14.5 Å². The zero-order valence-corrected chi connectivity index (χ0v) is 46.0. The van der Waals surface area contributed by atoms with Gasteiger partial charge < -0.3 is 5.11 Å². The first-order valence-corrected chi connectivity index (χ1v) is 26.3. The number of nitrogens with zero attached hydrogens (tertiary/aromatic N) is 3. The molecule has 0 aliphatic heterocycles. The van der Waals surface area contributed by atoms with Crippen LogP contribution in [0.2, 0.25) is 0 Å². The van der Waals surface area contributed by atoms with Gasteiger partial charge in [0.25, 0.3) is 0 Å². The van der Waals surface area contributed by atoms with Gasteiger partial charge in [-0.2, -0.15) is 0 Å². The molecule has 0 fully saturated rings. The third kappa shape index (κ3) is 9.82. The van der Waals surface area contributed by atoms with E-state index < -0.39 is 0 Å². The van der Waals surface area contributed by atoms with Gasteiger partial charge in [-0.15, -0.1) is 0 Å². The Morgan fingerprint density at radius 3 is 1.62 bits per heavy atom. The van der Waals surface area contributed by atoms with Gasteiger partial charge in [-0.05, 0) is 132 Å². The molecule has 0 aliphatic rings. The summed E-state index contributed by atoms with van der Waals surface area (Å²) in [5.74, 6) is 1.41. The normalized spacial score (nSPS) is 12.6. The fourth-order valence-corrected chi connectivity index (χ4v) is 10.6. The molecule has 2 heterocycles. The Morgan fingerprint density at radius 1 is 0.438 bits per heavy atom. The van der Waals surface area contributed by atoms with Crippen molar-refractivity contribution in [3.05, 3.63) is 203 Å². The molecule has 0 saturated carbocycles. The van der Waals surface area contributed by atoms with E-state index in [2.05, 4.69) is 266 Å². The SMILES string of the molecule is CC(C)c1cc(C(C)(C)C)cc(C(C)C)c1-n1c(-c2cc(C(C)(C)C)cc(C(C)(C)C)c2O)nc2c(-c3cc(-c4ccccc4)cc(-c4cc(-c5ccccc5C(C)(C)c5ccccc5)ccn4)c3)cccc21. The van der Waals surface area contributed by atoms with E-state index in [0.717, 1.165) is 78.3 Å². The Hall–Kier alpha value is -7.04. The minimum atomic E-state index is -0.331. The van der Waals surface area contributed by atoms with Crippen LogP contribution in [0.3, 0.4) is 0 Å². The minimum absolute atomic E-state index is 0.0578. The number of phenolic OH excluding ortho intramolecular Hbond substituents is 1. The topological polar surface area (TPSA) is 50.9 Å². The third-order valence-corrected chi connectivity index (χ3v) is 15.0. The minimum Gasteiger partial charge on any atom is -0.507 e. The van der Waals surface area contributed by atoms with E-state index in [0.29, 0.717) is 0 Å².